The van der Waals surface area contributed by atoms with E-state index in [0.717, 1.165) is 37.2 Å². The largest absolute Gasteiger partial charge is 0.396 e. The van der Waals surface area contributed by atoms with E-state index in [1.54, 1.807) is 4.68 Å². The highest BCUT2D eigenvalue weighted by molar-refractivity contribution is 6.30. The summed E-state index contributed by atoms with van der Waals surface area (Å²) >= 11 is 6.12. The van der Waals surface area contributed by atoms with Gasteiger partial charge in [0.1, 0.15) is 5.15 Å². The van der Waals surface area contributed by atoms with Crippen molar-refractivity contribution in [3.05, 3.63) is 16.4 Å². The topological polar surface area (TPSA) is 50.1 Å². The molecular weight excluding hydrogens is 226 g/mol. The second kappa shape index (κ2) is 4.35. The van der Waals surface area contributed by atoms with Gasteiger partial charge in [-0.3, -0.25) is 4.68 Å². The predicted octanol–water partition coefficient (Wildman–Crippen LogP) is 1.24. The molecule has 1 aromatic heterocycles. The van der Waals surface area contributed by atoms with Crippen LogP contribution in [0.4, 0.5) is 0 Å². The summed E-state index contributed by atoms with van der Waals surface area (Å²) < 4.78 is 1.69. The zero-order valence-corrected chi connectivity index (χ0v) is 10.5. The van der Waals surface area contributed by atoms with Gasteiger partial charge in [0, 0.05) is 37.7 Å². The van der Waals surface area contributed by atoms with Gasteiger partial charge in [-0.05, 0) is 19.8 Å². The van der Waals surface area contributed by atoms with Gasteiger partial charge in [-0.15, -0.1) is 0 Å². The maximum atomic E-state index is 9.18. The third kappa shape index (κ3) is 2.24. The standard InChI is InChI=1S/C11H18ClN3O/c1-8-9(10(12)15(2)14-8)5-13-6-11(7-16)3-4-11/h13,16H,3-7H2,1-2H3. The van der Waals surface area contributed by atoms with Gasteiger partial charge in [-0.25, -0.2) is 0 Å². The van der Waals surface area contributed by atoms with Gasteiger partial charge < -0.3 is 10.4 Å². The van der Waals surface area contributed by atoms with Gasteiger partial charge in [0.15, 0.2) is 0 Å². The lowest BCUT2D eigenvalue weighted by atomic mass is 10.1. The van der Waals surface area contributed by atoms with Crippen molar-refractivity contribution in [3.8, 4) is 0 Å². The Kier molecular flexibility index (Phi) is 3.24. The molecule has 1 aliphatic rings. The molecule has 0 bridgehead atoms. The summed E-state index contributed by atoms with van der Waals surface area (Å²) in [5, 5.41) is 17.5. The minimum atomic E-state index is 0.141. The quantitative estimate of drug-likeness (QED) is 0.818. The number of hydrogen-bond donors (Lipinski definition) is 2. The lowest BCUT2D eigenvalue weighted by Gasteiger charge is -2.12. The molecule has 5 heteroatoms. The average Bonchev–Trinajstić information content (AvgIpc) is 2.99. The Morgan fingerprint density at radius 3 is 2.69 bits per heavy atom. The average molecular weight is 244 g/mol. The molecule has 2 rings (SSSR count). The van der Waals surface area contributed by atoms with Crippen LogP contribution in [0.3, 0.4) is 0 Å². The van der Waals surface area contributed by atoms with Gasteiger partial charge in [0.25, 0.3) is 0 Å². The van der Waals surface area contributed by atoms with Crippen LogP contribution in [0.25, 0.3) is 0 Å². The Labute approximate surface area is 101 Å². The van der Waals surface area contributed by atoms with E-state index in [1.165, 1.54) is 0 Å². The molecule has 0 radical (unpaired) electrons. The molecule has 0 saturated heterocycles. The highest BCUT2D eigenvalue weighted by Gasteiger charge is 2.41. The van der Waals surface area contributed by atoms with Crippen LogP contribution in [0, 0.1) is 12.3 Å². The van der Waals surface area contributed by atoms with E-state index in [1.807, 2.05) is 14.0 Å². The fourth-order valence-corrected chi connectivity index (χ4v) is 2.14. The summed E-state index contributed by atoms with van der Waals surface area (Å²) in [6.07, 6.45) is 2.24. The number of nitrogens with zero attached hydrogens (tertiary/aromatic N) is 2. The fraction of sp³-hybridized carbons (Fsp3) is 0.727. The number of nitrogens with one attached hydrogen (secondary N) is 1. The molecule has 1 aliphatic carbocycles. The van der Waals surface area contributed by atoms with Crippen LogP contribution in [0.5, 0.6) is 0 Å². The Balaban J connectivity index is 1.90. The fourth-order valence-electron chi connectivity index (χ4n) is 1.89. The molecule has 90 valence electrons. The highest BCUT2D eigenvalue weighted by Crippen LogP contribution is 2.44. The second-order valence-corrected chi connectivity index (χ2v) is 5.10. The molecule has 1 saturated carbocycles. The first-order valence-electron chi connectivity index (χ1n) is 5.57. The molecule has 0 atom stereocenters. The van der Waals surface area contributed by atoms with Gasteiger partial charge in [-0.1, -0.05) is 11.6 Å². The van der Waals surface area contributed by atoms with Gasteiger partial charge in [0.2, 0.25) is 0 Å². The summed E-state index contributed by atoms with van der Waals surface area (Å²) in [7, 11) is 1.84. The third-order valence-corrected chi connectivity index (χ3v) is 3.84. The first kappa shape index (κ1) is 11.9. The van der Waals surface area contributed by atoms with Crippen molar-refractivity contribution in [2.24, 2.45) is 12.5 Å². The van der Waals surface area contributed by atoms with E-state index < -0.39 is 0 Å². The van der Waals surface area contributed by atoms with Crippen LogP contribution in [0.2, 0.25) is 5.15 Å². The third-order valence-electron chi connectivity index (χ3n) is 3.36. The molecule has 0 aromatic carbocycles. The van der Waals surface area contributed by atoms with E-state index in [9.17, 15) is 5.11 Å². The van der Waals surface area contributed by atoms with E-state index >= 15 is 0 Å². The van der Waals surface area contributed by atoms with E-state index in [4.69, 9.17) is 11.6 Å². The zero-order valence-electron chi connectivity index (χ0n) is 9.76. The first-order chi connectivity index (χ1) is 7.58. The van der Waals surface area contributed by atoms with Gasteiger partial charge >= 0.3 is 0 Å². The van der Waals surface area contributed by atoms with Crippen molar-refractivity contribution in [2.75, 3.05) is 13.2 Å². The second-order valence-electron chi connectivity index (χ2n) is 4.74. The normalized spacial score (nSPS) is 17.8. The minimum absolute atomic E-state index is 0.141. The molecule has 2 N–H and O–H groups in total. The smallest absolute Gasteiger partial charge is 0.131 e. The maximum Gasteiger partial charge on any atom is 0.131 e. The van der Waals surface area contributed by atoms with Crippen LogP contribution in [0.15, 0.2) is 0 Å². The Bertz CT molecular complexity index is 385. The number of aliphatic hydroxyl groups excluding tert-OH is 1. The van der Waals surface area contributed by atoms with Crippen LogP contribution >= 0.6 is 11.6 Å². The molecule has 4 nitrogen and oxygen atoms in total. The molecule has 1 aromatic rings. The minimum Gasteiger partial charge on any atom is -0.396 e. The van der Waals surface area contributed by atoms with Crippen LogP contribution in [-0.4, -0.2) is 28.0 Å². The molecule has 0 unspecified atom stereocenters. The van der Waals surface area contributed by atoms with E-state index in [2.05, 4.69) is 10.4 Å². The number of aromatic nitrogens is 2. The molecule has 0 amide bonds. The number of hydrogen-bond acceptors (Lipinski definition) is 3. The summed E-state index contributed by atoms with van der Waals surface area (Å²) in [5.74, 6) is 0. The van der Waals surface area contributed by atoms with Crippen molar-refractivity contribution in [1.29, 1.82) is 0 Å². The molecule has 16 heavy (non-hydrogen) atoms. The number of rotatable bonds is 5. The monoisotopic (exact) mass is 243 g/mol. The zero-order chi connectivity index (χ0) is 11.8. The lowest BCUT2D eigenvalue weighted by molar-refractivity contribution is 0.207. The summed E-state index contributed by atoms with van der Waals surface area (Å²) in [5.41, 5.74) is 2.16. The number of halogens is 1. The SMILES string of the molecule is Cc1nn(C)c(Cl)c1CNCC1(CO)CC1. The Morgan fingerprint density at radius 2 is 2.25 bits per heavy atom. The lowest BCUT2D eigenvalue weighted by Crippen LogP contribution is -2.26. The highest BCUT2D eigenvalue weighted by atomic mass is 35.5. The molecule has 1 fully saturated rings. The molecule has 1 heterocycles. The maximum absolute atomic E-state index is 9.18. The van der Waals surface area contributed by atoms with Crippen molar-refractivity contribution in [2.45, 2.75) is 26.3 Å². The van der Waals surface area contributed by atoms with Crippen LogP contribution < -0.4 is 5.32 Å². The summed E-state index contributed by atoms with van der Waals surface area (Å²) in [6, 6.07) is 0. The van der Waals surface area contributed by atoms with Crippen molar-refractivity contribution < 1.29 is 5.11 Å². The predicted molar refractivity (Wildman–Crippen MR) is 63.4 cm³/mol. The van der Waals surface area contributed by atoms with Crippen LogP contribution in [0.1, 0.15) is 24.1 Å². The van der Waals surface area contributed by atoms with Crippen LogP contribution in [-0.2, 0) is 13.6 Å². The molecular formula is C11H18ClN3O. The Hall–Kier alpha value is -0.580. The van der Waals surface area contributed by atoms with Gasteiger partial charge in [0.05, 0.1) is 5.69 Å². The Morgan fingerprint density at radius 1 is 1.56 bits per heavy atom. The molecule has 0 aliphatic heterocycles. The number of aliphatic hydroxyl groups is 1. The first-order valence-corrected chi connectivity index (χ1v) is 5.95. The molecule has 0 spiro atoms. The van der Waals surface area contributed by atoms with E-state index in [-0.39, 0.29) is 12.0 Å². The number of aryl methyl sites for hydroxylation is 2. The summed E-state index contributed by atoms with van der Waals surface area (Å²) in [6.45, 7) is 3.82. The summed E-state index contributed by atoms with van der Waals surface area (Å²) in [4.78, 5) is 0. The van der Waals surface area contributed by atoms with Crippen molar-refractivity contribution >= 4 is 11.6 Å². The van der Waals surface area contributed by atoms with E-state index in [0.29, 0.717) is 5.15 Å². The van der Waals surface area contributed by atoms with Crippen molar-refractivity contribution in [1.82, 2.24) is 15.1 Å². The van der Waals surface area contributed by atoms with Crippen molar-refractivity contribution in [3.63, 3.8) is 0 Å². The van der Waals surface area contributed by atoms with Gasteiger partial charge in [-0.2, -0.15) is 5.10 Å².